The van der Waals surface area contributed by atoms with Crippen LogP contribution >= 0.6 is 0 Å². The van der Waals surface area contributed by atoms with Crippen molar-refractivity contribution in [3.8, 4) is 0 Å². The molecule has 106 valence electrons. The second-order valence-electron chi connectivity index (χ2n) is 4.99. The SMILES string of the molecule is CCC(NC(=O)C1CCOCC1)c1cnn(CC)c1. The van der Waals surface area contributed by atoms with Crippen molar-refractivity contribution in [3.05, 3.63) is 18.0 Å². The third-order valence-corrected chi connectivity index (χ3v) is 3.70. The van der Waals surface area contributed by atoms with E-state index in [9.17, 15) is 4.79 Å². The van der Waals surface area contributed by atoms with Gasteiger partial charge in [0.2, 0.25) is 5.91 Å². The van der Waals surface area contributed by atoms with E-state index < -0.39 is 0 Å². The predicted molar refractivity (Wildman–Crippen MR) is 72.6 cm³/mol. The Hall–Kier alpha value is -1.36. The minimum Gasteiger partial charge on any atom is -0.381 e. The second kappa shape index (κ2) is 6.70. The van der Waals surface area contributed by atoms with E-state index >= 15 is 0 Å². The van der Waals surface area contributed by atoms with Gasteiger partial charge in [0.1, 0.15) is 0 Å². The summed E-state index contributed by atoms with van der Waals surface area (Å²) in [6.07, 6.45) is 6.40. The highest BCUT2D eigenvalue weighted by Gasteiger charge is 2.24. The summed E-state index contributed by atoms with van der Waals surface area (Å²) in [5.74, 6) is 0.253. The number of nitrogens with one attached hydrogen (secondary N) is 1. The minimum absolute atomic E-state index is 0.0654. The lowest BCUT2D eigenvalue weighted by Gasteiger charge is -2.24. The normalized spacial score (nSPS) is 18.2. The van der Waals surface area contributed by atoms with Gasteiger partial charge in [0.25, 0.3) is 0 Å². The highest BCUT2D eigenvalue weighted by atomic mass is 16.5. The van der Waals surface area contributed by atoms with Crippen LogP contribution in [0, 0.1) is 5.92 Å². The monoisotopic (exact) mass is 265 g/mol. The van der Waals surface area contributed by atoms with Gasteiger partial charge in [0.05, 0.1) is 12.2 Å². The molecule has 1 fully saturated rings. The van der Waals surface area contributed by atoms with Crippen molar-refractivity contribution in [1.29, 1.82) is 0 Å². The van der Waals surface area contributed by atoms with Crippen molar-refractivity contribution in [3.63, 3.8) is 0 Å². The molecule has 2 rings (SSSR count). The Morgan fingerprint density at radius 1 is 1.53 bits per heavy atom. The van der Waals surface area contributed by atoms with Gasteiger partial charge in [0, 0.05) is 37.4 Å². The fraction of sp³-hybridized carbons (Fsp3) is 0.714. The Kier molecular flexibility index (Phi) is 4.96. The van der Waals surface area contributed by atoms with E-state index in [1.54, 1.807) is 0 Å². The fourth-order valence-corrected chi connectivity index (χ4v) is 2.40. The molecule has 1 saturated heterocycles. The Morgan fingerprint density at radius 3 is 2.84 bits per heavy atom. The van der Waals surface area contributed by atoms with Gasteiger partial charge >= 0.3 is 0 Å². The van der Waals surface area contributed by atoms with Crippen LogP contribution in [-0.2, 0) is 16.1 Å². The van der Waals surface area contributed by atoms with E-state index in [0.29, 0.717) is 13.2 Å². The van der Waals surface area contributed by atoms with Gasteiger partial charge in [-0.3, -0.25) is 9.48 Å². The van der Waals surface area contributed by atoms with Crippen molar-refractivity contribution in [1.82, 2.24) is 15.1 Å². The molecule has 0 bridgehead atoms. The zero-order valence-corrected chi connectivity index (χ0v) is 11.8. The topological polar surface area (TPSA) is 56.1 Å². The summed E-state index contributed by atoms with van der Waals surface area (Å²) in [5.41, 5.74) is 1.09. The van der Waals surface area contributed by atoms with Crippen LogP contribution in [0.2, 0.25) is 0 Å². The van der Waals surface area contributed by atoms with Crippen LogP contribution in [0.3, 0.4) is 0 Å². The standard InChI is InChI=1S/C14H23N3O2/c1-3-13(12-9-15-17(4-2)10-12)16-14(18)11-5-7-19-8-6-11/h9-11,13H,3-8H2,1-2H3,(H,16,18). The average Bonchev–Trinajstić information content (AvgIpc) is 2.94. The minimum atomic E-state index is 0.0654. The molecule has 1 amide bonds. The predicted octanol–water partition coefficient (Wildman–Crippen LogP) is 1.90. The smallest absolute Gasteiger partial charge is 0.223 e. The van der Waals surface area contributed by atoms with Gasteiger partial charge in [-0.1, -0.05) is 6.92 Å². The molecule has 1 aromatic rings. The van der Waals surface area contributed by atoms with Gasteiger partial charge in [0.15, 0.2) is 0 Å². The number of amides is 1. The lowest BCUT2D eigenvalue weighted by atomic mass is 9.98. The van der Waals surface area contributed by atoms with Crippen molar-refractivity contribution in [2.24, 2.45) is 5.92 Å². The molecule has 0 aromatic carbocycles. The van der Waals surface area contributed by atoms with Crippen LogP contribution in [0.5, 0.6) is 0 Å². The fourth-order valence-electron chi connectivity index (χ4n) is 2.40. The lowest BCUT2D eigenvalue weighted by Crippen LogP contribution is -2.36. The molecule has 0 radical (unpaired) electrons. The Bertz CT molecular complexity index is 411. The maximum Gasteiger partial charge on any atom is 0.223 e. The molecule has 1 atom stereocenters. The van der Waals surface area contributed by atoms with E-state index in [4.69, 9.17) is 4.74 Å². The van der Waals surface area contributed by atoms with E-state index in [2.05, 4.69) is 24.3 Å². The second-order valence-corrected chi connectivity index (χ2v) is 4.99. The molecule has 5 nitrogen and oxygen atoms in total. The molecule has 19 heavy (non-hydrogen) atoms. The third-order valence-electron chi connectivity index (χ3n) is 3.70. The zero-order valence-electron chi connectivity index (χ0n) is 11.8. The molecule has 1 aliphatic heterocycles. The summed E-state index contributed by atoms with van der Waals surface area (Å²) in [5, 5.41) is 7.41. The summed E-state index contributed by atoms with van der Waals surface area (Å²) in [6.45, 7) is 6.38. The molecular formula is C14H23N3O2. The Morgan fingerprint density at radius 2 is 2.26 bits per heavy atom. The molecular weight excluding hydrogens is 242 g/mol. The van der Waals surface area contributed by atoms with Crippen LogP contribution in [0.4, 0.5) is 0 Å². The number of ether oxygens (including phenoxy) is 1. The van der Waals surface area contributed by atoms with Crippen LogP contribution in [0.15, 0.2) is 12.4 Å². The Balaban J connectivity index is 1.96. The number of carbonyl (C=O) groups is 1. The van der Waals surface area contributed by atoms with E-state index in [1.165, 1.54) is 0 Å². The molecule has 0 saturated carbocycles. The van der Waals surface area contributed by atoms with Crippen LogP contribution in [0.25, 0.3) is 0 Å². The number of carbonyl (C=O) groups excluding carboxylic acids is 1. The van der Waals surface area contributed by atoms with E-state index in [-0.39, 0.29) is 17.9 Å². The summed E-state index contributed by atoms with van der Waals surface area (Å²) in [7, 11) is 0. The number of aromatic nitrogens is 2. The van der Waals surface area contributed by atoms with Gasteiger partial charge in [-0.25, -0.2) is 0 Å². The molecule has 1 aliphatic rings. The quantitative estimate of drug-likeness (QED) is 0.884. The number of rotatable bonds is 5. The first-order chi connectivity index (χ1) is 9.24. The molecule has 0 aliphatic carbocycles. The molecule has 1 unspecified atom stereocenters. The molecule has 1 N–H and O–H groups in total. The van der Waals surface area contributed by atoms with Crippen molar-refractivity contribution < 1.29 is 9.53 Å². The summed E-state index contributed by atoms with van der Waals surface area (Å²) >= 11 is 0. The van der Waals surface area contributed by atoms with Gasteiger partial charge in [-0.05, 0) is 26.2 Å². The summed E-state index contributed by atoms with van der Waals surface area (Å²) in [6, 6.07) is 0.0654. The van der Waals surface area contributed by atoms with E-state index in [0.717, 1.165) is 31.4 Å². The largest absolute Gasteiger partial charge is 0.381 e. The Labute approximate surface area is 114 Å². The van der Waals surface area contributed by atoms with Crippen molar-refractivity contribution >= 4 is 5.91 Å². The van der Waals surface area contributed by atoms with Crippen molar-refractivity contribution in [2.75, 3.05) is 13.2 Å². The van der Waals surface area contributed by atoms with Crippen LogP contribution in [0.1, 0.15) is 44.7 Å². The summed E-state index contributed by atoms with van der Waals surface area (Å²) in [4.78, 5) is 12.2. The first kappa shape index (κ1) is 14.1. The maximum atomic E-state index is 12.2. The molecule has 1 aromatic heterocycles. The van der Waals surface area contributed by atoms with Gasteiger partial charge in [-0.2, -0.15) is 5.10 Å². The van der Waals surface area contributed by atoms with Crippen LogP contribution < -0.4 is 5.32 Å². The number of hydrogen-bond acceptors (Lipinski definition) is 3. The number of hydrogen-bond donors (Lipinski definition) is 1. The molecule has 0 spiro atoms. The summed E-state index contributed by atoms with van der Waals surface area (Å²) < 4.78 is 7.18. The van der Waals surface area contributed by atoms with Gasteiger partial charge in [-0.15, -0.1) is 0 Å². The third kappa shape index (κ3) is 3.56. The highest BCUT2D eigenvalue weighted by Crippen LogP contribution is 2.20. The molecule has 5 heteroatoms. The van der Waals surface area contributed by atoms with Crippen molar-refractivity contribution in [2.45, 2.75) is 45.7 Å². The van der Waals surface area contributed by atoms with Crippen LogP contribution in [-0.4, -0.2) is 28.9 Å². The number of aryl methyl sites for hydroxylation is 1. The van der Waals surface area contributed by atoms with E-state index in [1.807, 2.05) is 17.1 Å². The average molecular weight is 265 g/mol. The highest BCUT2D eigenvalue weighted by molar-refractivity contribution is 5.79. The zero-order chi connectivity index (χ0) is 13.7. The lowest BCUT2D eigenvalue weighted by molar-refractivity contribution is -0.128. The first-order valence-electron chi connectivity index (χ1n) is 7.15. The molecule has 2 heterocycles. The first-order valence-corrected chi connectivity index (χ1v) is 7.15. The van der Waals surface area contributed by atoms with Gasteiger partial charge < -0.3 is 10.1 Å². The number of nitrogens with zero attached hydrogens (tertiary/aromatic N) is 2. The maximum absolute atomic E-state index is 12.2.